The average molecular weight is 447 g/mol. The summed E-state index contributed by atoms with van der Waals surface area (Å²) < 4.78 is 5.90. The average Bonchev–Trinajstić information content (AvgIpc) is 3.04. The number of para-hydroxylation sites is 3. The summed E-state index contributed by atoms with van der Waals surface area (Å²) in [5.41, 5.74) is 2.44. The SMILES string of the molecule is CC(C)Oc1ccccc1N1C(=O)C(c2ccc(Cl)cc2)=C(N(C)c2ccccc2)C1=O. The number of carbonyl (C=O) groups is 2. The fraction of sp³-hybridized carbons (Fsp3) is 0.154. The summed E-state index contributed by atoms with van der Waals surface area (Å²) in [7, 11) is 1.78. The normalized spacial score (nSPS) is 13.8. The largest absolute Gasteiger partial charge is 0.489 e. The first-order valence-electron chi connectivity index (χ1n) is 10.3. The number of rotatable bonds is 6. The van der Waals surface area contributed by atoms with Gasteiger partial charge >= 0.3 is 0 Å². The van der Waals surface area contributed by atoms with Crippen LogP contribution in [0, 0.1) is 0 Å². The minimum Gasteiger partial charge on any atom is -0.489 e. The summed E-state index contributed by atoms with van der Waals surface area (Å²) in [5, 5.41) is 0.552. The Labute approximate surface area is 192 Å². The van der Waals surface area contributed by atoms with E-state index in [2.05, 4.69) is 0 Å². The van der Waals surface area contributed by atoms with Crippen LogP contribution in [-0.2, 0) is 9.59 Å². The Hall–Kier alpha value is -3.57. The maximum absolute atomic E-state index is 13.7. The second kappa shape index (κ2) is 8.89. The van der Waals surface area contributed by atoms with Crippen LogP contribution < -0.4 is 14.5 Å². The number of carbonyl (C=O) groups excluding carboxylic acids is 2. The molecule has 1 heterocycles. The van der Waals surface area contributed by atoms with Crippen LogP contribution in [0.4, 0.5) is 11.4 Å². The number of imide groups is 1. The monoisotopic (exact) mass is 446 g/mol. The van der Waals surface area contributed by atoms with E-state index in [-0.39, 0.29) is 6.10 Å². The molecule has 0 N–H and O–H groups in total. The number of benzene rings is 3. The zero-order chi connectivity index (χ0) is 22.8. The van der Waals surface area contributed by atoms with Crippen LogP contribution in [0.25, 0.3) is 5.57 Å². The van der Waals surface area contributed by atoms with Gasteiger partial charge in [-0.05, 0) is 55.8 Å². The predicted octanol–water partition coefficient (Wildman–Crippen LogP) is 5.55. The van der Waals surface area contributed by atoms with Crippen molar-refractivity contribution >= 4 is 40.4 Å². The number of amides is 2. The van der Waals surface area contributed by atoms with Crippen molar-refractivity contribution in [2.75, 3.05) is 16.8 Å². The van der Waals surface area contributed by atoms with Gasteiger partial charge in [0.1, 0.15) is 11.4 Å². The molecule has 32 heavy (non-hydrogen) atoms. The fourth-order valence-electron chi connectivity index (χ4n) is 3.70. The van der Waals surface area contributed by atoms with Crippen LogP contribution in [0.15, 0.2) is 84.6 Å². The van der Waals surface area contributed by atoms with E-state index in [1.54, 1.807) is 54.4 Å². The lowest BCUT2D eigenvalue weighted by Crippen LogP contribution is -2.34. The van der Waals surface area contributed by atoms with Crippen molar-refractivity contribution < 1.29 is 14.3 Å². The predicted molar refractivity (Wildman–Crippen MR) is 128 cm³/mol. The first kappa shape index (κ1) is 21.7. The summed E-state index contributed by atoms with van der Waals surface area (Å²) in [5.74, 6) is -0.343. The summed E-state index contributed by atoms with van der Waals surface area (Å²) in [6, 6.07) is 23.5. The third-order valence-electron chi connectivity index (χ3n) is 5.14. The van der Waals surface area contributed by atoms with Gasteiger partial charge in [0.2, 0.25) is 0 Å². The van der Waals surface area contributed by atoms with Crippen molar-refractivity contribution in [2.24, 2.45) is 0 Å². The second-order valence-electron chi connectivity index (χ2n) is 7.71. The smallest absolute Gasteiger partial charge is 0.282 e. The van der Waals surface area contributed by atoms with Crippen LogP contribution in [-0.4, -0.2) is 25.0 Å². The molecule has 3 aromatic rings. The molecule has 1 aliphatic heterocycles. The van der Waals surface area contributed by atoms with Gasteiger partial charge in [-0.3, -0.25) is 9.59 Å². The van der Waals surface area contributed by atoms with Crippen LogP contribution in [0.3, 0.4) is 0 Å². The number of hydrogen-bond acceptors (Lipinski definition) is 4. The molecule has 0 saturated carbocycles. The van der Waals surface area contributed by atoms with Gasteiger partial charge in [0.15, 0.2) is 0 Å². The van der Waals surface area contributed by atoms with E-state index in [9.17, 15) is 9.59 Å². The number of halogens is 1. The number of anilines is 2. The molecule has 0 spiro atoms. The maximum Gasteiger partial charge on any atom is 0.282 e. The topological polar surface area (TPSA) is 49.9 Å². The van der Waals surface area contributed by atoms with Crippen LogP contribution >= 0.6 is 11.6 Å². The van der Waals surface area contributed by atoms with Gasteiger partial charge in [-0.2, -0.15) is 0 Å². The van der Waals surface area contributed by atoms with Crippen molar-refractivity contribution in [1.29, 1.82) is 0 Å². The summed E-state index contributed by atoms with van der Waals surface area (Å²) >= 11 is 6.07. The highest BCUT2D eigenvalue weighted by Gasteiger charge is 2.43. The minimum atomic E-state index is -0.411. The Bertz CT molecular complexity index is 1190. The van der Waals surface area contributed by atoms with Gasteiger partial charge in [-0.15, -0.1) is 0 Å². The summed E-state index contributed by atoms with van der Waals surface area (Å²) in [4.78, 5) is 30.4. The highest BCUT2D eigenvalue weighted by molar-refractivity contribution is 6.46. The molecule has 6 heteroatoms. The summed E-state index contributed by atoms with van der Waals surface area (Å²) in [6.07, 6.45) is -0.112. The molecule has 1 aliphatic rings. The van der Waals surface area contributed by atoms with E-state index in [1.165, 1.54) is 4.90 Å². The van der Waals surface area contributed by atoms with Gasteiger partial charge in [-0.1, -0.05) is 54.1 Å². The van der Waals surface area contributed by atoms with Gasteiger partial charge in [0.05, 0.1) is 17.4 Å². The highest BCUT2D eigenvalue weighted by Crippen LogP contribution is 2.39. The van der Waals surface area contributed by atoms with Gasteiger partial charge in [0, 0.05) is 17.8 Å². The lowest BCUT2D eigenvalue weighted by molar-refractivity contribution is -0.120. The zero-order valence-corrected chi connectivity index (χ0v) is 18.8. The molecular formula is C26H23ClN2O3. The second-order valence-corrected chi connectivity index (χ2v) is 8.14. The number of ether oxygens (including phenoxy) is 1. The van der Waals surface area contributed by atoms with Crippen LogP contribution in [0.1, 0.15) is 19.4 Å². The molecule has 0 radical (unpaired) electrons. The minimum absolute atomic E-state index is 0.112. The molecule has 4 rings (SSSR count). The van der Waals surface area contributed by atoms with Crippen molar-refractivity contribution in [3.05, 3.63) is 95.1 Å². The van der Waals surface area contributed by atoms with E-state index < -0.39 is 11.8 Å². The van der Waals surface area contributed by atoms with Crippen molar-refractivity contribution in [1.82, 2.24) is 0 Å². The molecule has 0 saturated heterocycles. The van der Waals surface area contributed by atoms with E-state index in [1.807, 2.05) is 50.2 Å². The van der Waals surface area contributed by atoms with Crippen LogP contribution in [0.2, 0.25) is 5.02 Å². The van der Waals surface area contributed by atoms with Crippen LogP contribution in [0.5, 0.6) is 5.75 Å². The van der Waals surface area contributed by atoms with Crippen molar-refractivity contribution in [3.8, 4) is 5.75 Å². The molecule has 5 nitrogen and oxygen atoms in total. The zero-order valence-electron chi connectivity index (χ0n) is 18.1. The first-order chi connectivity index (χ1) is 15.4. The Morgan fingerprint density at radius 1 is 0.844 bits per heavy atom. The Balaban J connectivity index is 1.87. The van der Waals surface area contributed by atoms with Gasteiger partial charge in [0.25, 0.3) is 11.8 Å². The third kappa shape index (κ3) is 3.99. The quantitative estimate of drug-likeness (QED) is 0.466. The number of nitrogens with zero attached hydrogens (tertiary/aromatic N) is 2. The molecule has 162 valence electrons. The standard InChI is InChI=1S/C26H23ClN2O3/c1-17(2)32-22-12-8-7-11-21(22)29-25(30)23(18-13-15-19(27)16-14-18)24(26(29)31)28(3)20-9-5-4-6-10-20/h4-17H,1-3H3. The molecule has 3 aromatic carbocycles. The Kier molecular flexibility index (Phi) is 6.01. The summed E-state index contributed by atoms with van der Waals surface area (Å²) in [6.45, 7) is 3.80. The molecule has 0 unspecified atom stereocenters. The molecule has 0 atom stereocenters. The van der Waals surface area contributed by atoms with E-state index >= 15 is 0 Å². The maximum atomic E-state index is 13.7. The van der Waals surface area contributed by atoms with E-state index in [0.717, 1.165) is 5.69 Å². The molecule has 0 bridgehead atoms. The number of hydrogen-bond donors (Lipinski definition) is 0. The molecular weight excluding hydrogens is 424 g/mol. The van der Waals surface area contributed by atoms with Crippen molar-refractivity contribution in [3.63, 3.8) is 0 Å². The third-order valence-corrected chi connectivity index (χ3v) is 5.39. The molecule has 0 aliphatic carbocycles. The van der Waals surface area contributed by atoms with E-state index in [0.29, 0.717) is 33.3 Å². The van der Waals surface area contributed by atoms with Crippen molar-refractivity contribution in [2.45, 2.75) is 20.0 Å². The Morgan fingerprint density at radius 2 is 1.47 bits per heavy atom. The molecule has 0 fully saturated rings. The first-order valence-corrected chi connectivity index (χ1v) is 10.7. The lowest BCUT2D eigenvalue weighted by atomic mass is 10.0. The van der Waals surface area contributed by atoms with E-state index in [4.69, 9.17) is 16.3 Å². The number of likely N-dealkylation sites (N-methyl/N-ethyl adjacent to an activating group) is 1. The fourth-order valence-corrected chi connectivity index (χ4v) is 3.83. The van der Waals surface area contributed by atoms with Gasteiger partial charge in [-0.25, -0.2) is 4.90 Å². The van der Waals surface area contributed by atoms with Gasteiger partial charge < -0.3 is 9.64 Å². The molecule has 2 amide bonds. The Morgan fingerprint density at radius 3 is 2.12 bits per heavy atom. The lowest BCUT2D eigenvalue weighted by Gasteiger charge is -2.23. The highest BCUT2D eigenvalue weighted by atomic mass is 35.5. The molecule has 0 aromatic heterocycles.